The highest BCUT2D eigenvalue weighted by Crippen LogP contribution is 2.37. The zero-order valence-corrected chi connectivity index (χ0v) is 22.8. The van der Waals surface area contributed by atoms with E-state index in [-0.39, 0.29) is 12.1 Å². The standard InChI is InChI=1S/C32H39ClN2O/c1-22(2)29-11-8-12-30(23(3)4)31(29)34-32(36)35(21-24-13-17-27(33)18-14-24)28-19-15-26(16-20-28)25-9-6-5-7-10-25/h5-14,17-18,22-23,26,28H,15-16,19-21H2,1-4H3,(H,34,36). The summed E-state index contributed by atoms with van der Waals surface area (Å²) in [7, 11) is 0. The van der Waals surface area contributed by atoms with Gasteiger partial charge in [-0.3, -0.25) is 0 Å². The number of halogens is 1. The van der Waals surface area contributed by atoms with Crippen LogP contribution in [0.2, 0.25) is 5.02 Å². The van der Waals surface area contributed by atoms with Crippen LogP contribution < -0.4 is 5.32 Å². The number of nitrogens with one attached hydrogen (secondary N) is 1. The molecular formula is C32H39ClN2O. The summed E-state index contributed by atoms with van der Waals surface area (Å²) >= 11 is 6.14. The molecule has 0 heterocycles. The van der Waals surface area contributed by atoms with Gasteiger partial charge in [-0.1, -0.05) is 100.0 Å². The van der Waals surface area contributed by atoms with Crippen LogP contribution in [0.1, 0.15) is 93.4 Å². The molecule has 190 valence electrons. The SMILES string of the molecule is CC(C)c1cccc(C(C)C)c1NC(=O)N(Cc1ccc(Cl)cc1)C1CCC(c2ccccc2)CC1. The van der Waals surface area contributed by atoms with Gasteiger partial charge in [-0.25, -0.2) is 4.79 Å². The molecule has 0 bridgehead atoms. The van der Waals surface area contributed by atoms with Gasteiger partial charge in [0.05, 0.1) is 0 Å². The van der Waals surface area contributed by atoms with E-state index >= 15 is 0 Å². The lowest BCUT2D eigenvalue weighted by Crippen LogP contribution is -2.44. The number of hydrogen-bond acceptors (Lipinski definition) is 1. The predicted molar refractivity (Wildman–Crippen MR) is 152 cm³/mol. The summed E-state index contributed by atoms with van der Waals surface area (Å²) in [5, 5.41) is 4.09. The Morgan fingerprint density at radius 1 is 0.833 bits per heavy atom. The van der Waals surface area contributed by atoms with E-state index in [9.17, 15) is 4.79 Å². The molecule has 36 heavy (non-hydrogen) atoms. The number of hydrogen-bond donors (Lipinski definition) is 1. The first-order valence-corrected chi connectivity index (χ1v) is 13.7. The number of amides is 2. The summed E-state index contributed by atoms with van der Waals surface area (Å²) in [6, 6.07) is 25.2. The molecule has 0 aromatic heterocycles. The fourth-order valence-corrected chi connectivity index (χ4v) is 5.60. The number of anilines is 1. The van der Waals surface area contributed by atoms with Crippen molar-refractivity contribution in [3.05, 3.63) is 100 Å². The normalized spacial score (nSPS) is 17.9. The number of benzene rings is 3. The van der Waals surface area contributed by atoms with Gasteiger partial charge in [-0.2, -0.15) is 0 Å². The van der Waals surface area contributed by atoms with Crippen LogP contribution in [0.15, 0.2) is 72.8 Å². The molecule has 4 heteroatoms. The first kappa shape index (κ1) is 26.3. The van der Waals surface area contributed by atoms with Gasteiger partial charge in [0.1, 0.15) is 0 Å². The summed E-state index contributed by atoms with van der Waals surface area (Å²) in [6.45, 7) is 9.32. The summed E-state index contributed by atoms with van der Waals surface area (Å²) in [5.41, 5.74) is 5.87. The Labute approximate surface area is 221 Å². The van der Waals surface area contributed by atoms with Crippen LogP contribution in [0.4, 0.5) is 10.5 Å². The molecule has 0 unspecified atom stereocenters. The van der Waals surface area contributed by atoms with E-state index < -0.39 is 0 Å². The monoisotopic (exact) mass is 502 g/mol. The molecule has 1 aliphatic rings. The molecule has 1 saturated carbocycles. The fraction of sp³-hybridized carbons (Fsp3) is 0.406. The largest absolute Gasteiger partial charge is 0.322 e. The van der Waals surface area contributed by atoms with Gasteiger partial charge in [0.25, 0.3) is 0 Å². The van der Waals surface area contributed by atoms with Crippen molar-refractivity contribution < 1.29 is 4.79 Å². The summed E-state index contributed by atoms with van der Waals surface area (Å²) < 4.78 is 0. The minimum absolute atomic E-state index is 0.0110. The molecule has 0 aliphatic heterocycles. The lowest BCUT2D eigenvalue weighted by molar-refractivity contribution is 0.158. The second-order valence-corrected chi connectivity index (χ2v) is 11.2. The van der Waals surface area contributed by atoms with E-state index in [1.165, 1.54) is 16.7 Å². The highest BCUT2D eigenvalue weighted by Gasteiger charge is 2.30. The smallest absolute Gasteiger partial charge is 0.317 e. The van der Waals surface area contributed by atoms with Crippen molar-refractivity contribution in [2.75, 3.05) is 5.32 Å². The molecule has 1 fully saturated rings. The van der Waals surface area contributed by atoms with Gasteiger partial charge in [0.2, 0.25) is 0 Å². The second kappa shape index (κ2) is 12.0. The molecule has 0 spiro atoms. The van der Waals surface area contributed by atoms with Crippen molar-refractivity contribution in [3.8, 4) is 0 Å². The van der Waals surface area contributed by atoms with Crippen molar-refractivity contribution in [1.29, 1.82) is 0 Å². The quantitative estimate of drug-likeness (QED) is 0.343. The van der Waals surface area contributed by atoms with E-state index in [1.54, 1.807) is 0 Å². The van der Waals surface area contributed by atoms with Crippen LogP contribution in [0.25, 0.3) is 0 Å². The number of carbonyl (C=O) groups is 1. The molecule has 2 amide bonds. The van der Waals surface area contributed by atoms with Crippen molar-refractivity contribution in [2.24, 2.45) is 0 Å². The third-order valence-corrected chi connectivity index (χ3v) is 7.79. The molecule has 0 saturated heterocycles. The second-order valence-electron chi connectivity index (χ2n) is 10.7. The Morgan fingerprint density at radius 3 is 1.97 bits per heavy atom. The van der Waals surface area contributed by atoms with Crippen LogP contribution >= 0.6 is 11.6 Å². The lowest BCUT2D eigenvalue weighted by atomic mass is 9.81. The van der Waals surface area contributed by atoms with E-state index in [0.29, 0.717) is 29.3 Å². The van der Waals surface area contributed by atoms with E-state index in [0.717, 1.165) is 36.9 Å². The molecule has 3 nitrogen and oxygen atoms in total. The predicted octanol–water partition coefficient (Wildman–Crippen LogP) is 9.35. The Balaban J connectivity index is 1.59. The summed E-state index contributed by atoms with van der Waals surface area (Å²) in [6.07, 6.45) is 4.20. The van der Waals surface area contributed by atoms with Gasteiger partial charge in [0.15, 0.2) is 0 Å². The summed E-state index contributed by atoms with van der Waals surface area (Å²) in [4.78, 5) is 16.0. The third-order valence-electron chi connectivity index (χ3n) is 7.54. The average Bonchev–Trinajstić information content (AvgIpc) is 2.88. The number of nitrogens with zero attached hydrogens (tertiary/aromatic N) is 1. The molecule has 3 aromatic carbocycles. The number of carbonyl (C=O) groups excluding carboxylic acids is 1. The van der Waals surface area contributed by atoms with Crippen molar-refractivity contribution >= 4 is 23.3 Å². The third kappa shape index (κ3) is 6.31. The van der Waals surface area contributed by atoms with Crippen LogP contribution in [0.3, 0.4) is 0 Å². The van der Waals surface area contributed by atoms with E-state index in [2.05, 4.69) is 86.4 Å². The maximum Gasteiger partial charge on any atom is 0.322 e. The summed E-state index contributed by atoms with van der Waals surface area (Å²) in [5.74, 6) is 1.21. The highest BCUT2D eigenvalue weighted by atomic mass is 35.5. The Morgan fingerprint density at radius 2 is 1.42 bits per heavy atom. The molecule has 1 aliphatic carbocycles. The topological polar surface area (TPSA) is 32.3 Å². The van der Waals surface area contributed by atoms with E-state index in [1.807, 2.05) is 24.3 Å². The minimum atomic E-state index is -0.0110. The van der Waals surface area contributed by atoms with Gasteiger partial charge < -0.3 is 10.2 Å². The highest BCUT2D eigenvalue weighted by molar-refractivity contribution is 6.30. The Kier molecular flexibility index (Phi) is 8.74. The van der Waals surface area contributed by atoms with Crippen molar-refractivity contribution in [2.45, 2.75) is 83.7 Å². The molecular weight excluding hydrogens is 464 g/mol. The van der Waals surface area contributed by atoms with Crippen LogP contribution in [-0.4, -0.2) is 17.0 Å². The molecule has 3 aromatic rings. The molecule has 1 N–H and O–H groups in total. The first-order chi connectivity index (χ1) is 17.3. The first-order valence-electron chi connectivity index (χ1n) is 13.3. The van der Waals surface area contributed by atoms with Crippen LogP contribution in [0, 0.1) is 0 Å². The van der Waals surface area contributed by atoms with Crippen molar-refractivity contribution in [3.63, 3.8) is 0 Å². The maximum atomic E-state index is 14.0. The molecule has 0 radical (unpaired) electrons. The number of rotatable bonds is 7. The Hall–Kier alpha value is -2.78. The van der Waals surface area contributed by atoms with Gasteiger partial charge in [-0.15, -0.1) is 0 Å². The average molecular weight is 503 g/mol. The van der Waals surface area contributed by atoms with Crippen LogP contribution in [0.5, 0.6) is 0 Å². The zero-order chi connectivity index (χ0) is 25.7. The zero-order valence-electron chi connectivity index (χ0n) is 22.0. The van der Waals surface area contributed by atoms with Gasteiger partial charge >= 0.3 is 6.03 Å². The number of para-hydroxylation sites is 1. The van der Waals surface area contributed by atoms with E-state index in [4.69, 9.17) is 11.6 Å². The van der Waals surface area contributed by atoms with Gasteiger partial charge in [0, 0.05) is 23.3 Å². The Bertz CT molecular complexity index is 1110. The lowest BCUT2D eigenvalue weighted by Gasteiger charge is -2.37. The van der Waals surface area contributed by atoms with Gasteiger partial charge in [-0.05, 0) is 77.8 Å². The van der Waals surface area contributed by atoms with Crippen molar-refractivity contribution in [1.82, 2.24) is 4.90 Å². The molecule has 4 rings (SSSR count). The fourth-order valence-electron chi connectivity index (χ4n) is 5.47. The van der Waals surface area contributed by atoms with Crippen LogP contribution in [-0.2, 0) is 6.54 Å². The number of urea groups is 1. The maximum absolute atomic E-state index is 14.0. The minimum Gasteiger partial charge on any atom is -0.317 e. The molecule has 0 atom stereocenters.